The summed E-state index contributed by atoms with van der Waals surface area (Å²) < 4.78 is 0. The molecule has 0 fully saturated rings. The standard InChI is InChI=1S/C14H15NOS/c1-10-5-3-4-6-13(10)14-15-12(9-17-14)8-7-11(2)16/h3-6,9H,7-8H2,1-2H3. The van der Waals surface area contributed by atoms with Crippen LogP contribution >= 0.6 is 11.3 Å². The zero-order chi connectivity index (χ0) is 12.3. The molecule has 88 valence electrons. The van der Waals surface area contributed by atoms with Crippen LogP contribution in [0.1, 0.15) is 24.6 Å². The van der Waals surface area contributed by atoms with Gasteiger partial charge >= 0.3 is 0 Å². The first-order valence-corrected chi connectivity index (χ1v) is 6.54. The molecule has 0 N–H and O–H groups in total. The molecule has 0 radical (unpaired) electrons. The van der Waals surface area contributed by atoms with Crippen LogP contribution in [0.15, 0.2) is 29.6 Å². The van der Waals surface area contributed by atoms with E-state index in [9.17, 15) is 4.79 Å². The minimum atomic E-state index is 0.218. The Morgan fingerprint density at radius 2 is 2.12 bits per heavy atom. The van der Waals surface area contributed by atoms with E-state index >= 15 is 0 Å². The Balaban J connectivity index is 2.18. The number of ketones is 1. The number of benzene rings is 1. The van der Waals surface area contributed by atoms with E-state index in [1.54, 1.807) is 18.3 Å². The fraction of sp³-hybridized carbons (Fsp3) is 0.286. The van der Waals surface area contributed by atoms with Gasteiger partial charge in [-0.1, -0.05) is 24.3 Å². The Hall–Kier alpha value is -1.48. The number of aryl methyl sites for hydroxylation is 2. The minimum absolute atomic E-state index is 0.218. The smallest absolute Gasteiger partial charge is 0.130 e. The molecule has 0 bridgehead atoms. The number of hydrogen-bond donors (Lipinski definition) is 0. The van der Waals surface area contributed by atoms with Crippen LogP contribution in [0.2, 0.25) is 0 Å². The SMILES string of the molecule is CC(=O)CCc1csc(-c2ccccc2C)n1. The van der Waals surface area contributed by atoms with Gasteiger partial charge in [-0.25, -0.2) is 4.98 Å². The van der Waals surface area contributed by atoms with Crippen LogP contribution in [0.4, 0.5) is 0 Å². The first-order valence-electron chi connectivity index (χ1n) is 5.66. The maximum absolute atomic E-state index is 10.9. The van der Waals surface area contributed by atoms with E-state index < -0.39 is 0 Å². The Bertz CT molecular complexity index is 531. The van der Waals surface area contributed by atoms with Crippen LogP contribution in [0.5, 0.6) is 0 Å². The molecule has 2 nitrogen and oxygen atoms in total. The average molecular weight is 245 g/mol. The van der Waals surface area contributed by atoms with E-state index in [0.717, 1.165) is 17.1 Å². The Kier molecular flexibility index (Phi) is 3.69. The summed E-state index contributed by atoms with van der Waals surface area (Å²) in [5.41, 5.74) is 3.44. The van der Waals surface area contributed by atoms with Gasteiger partial charge in [-0.2, -0.15) is 0 Å². The van der Waals surface area contributed by atoms with Crippen molar-refractivity contribution in [2.24, 2.45) is 0 Å². The Morgan fingerprint density at radius 1 is 1.35 bits per heavy atom. The van der Waals surface area contributed by atoms with Crippen molar-refractivity contribution >= 4 is 17.1 Å². The summed E-state index contributed by atoms with van der Waals surface area (Å²) in [5.74, 6) is 0.218. The van der Waals surface area contributed by atoms with Gasteiger partial charge in [0, 0.05) is 17.4 Å². The number of carbonyl (C=O) groups excluding carboxylic acids is 1. The maximum Gasteiger partial charge on any atom is 0.130 e. The summed E-state index contributed by atoms with van der Waals surface area (Å²) in [4.78, 5) is 15.5. The lowest BCUT2D eigenvalue weighted by atomic mass is 10.1. The van der Waals surface area contributed by atoms with Crippen molar-refractivity contribution < 1.29 is 4.79 Å². The number of rotatable bonds is 4. The van der Waals surface area contributed by atoms with Gasteiger partial charge in [0.05, 0.1) is 5.69 Å². The highest BCUT2D eigenvalue weighted by atomic mass is 32.1. The van der Waals surface area contributed by atoms with Crippen molar-refractivity contribution in [2.75, 3.05) is 0 Å². The summed E-state index contributed by atoms with van der Waals surface area (Å²) in [6, 6.07) is 8.23. The van der Waals surface area contributed by atoms with Gasteiger partial charge in [0.1, 0.15) is 10.8 Å². The molecule has 1 aromatic heterocycles. The second-order valence-electron chi connectivity index (χ2n) is 4.16. The monoisotopic (exact) mass is 245 g/mol. The van der Waals surface area contributed by atoms with E-state index in [-0.39, 0.29) is 5.78 Å². The number of nitrogens with zero attached hydrogens (tertiary/aromatic N) is 1. The molecule has 1 aromatic carbocycles. The van der Waals surface area contributed by atoms with Crippen LogP contribution in [-0.2, 0) is 11.2 Å². The fourth-order valence-corrected chi connectivity index (χ4v) is 2.61. The van der Waals surface area contributed by atoms with Crippen LogP contribution in [-0.4, -0.2) is 10.8 Å². The average Bonchev–Trinajstić information content (AvgIpc) is 2.75. The lowest BCUT2D eigenvalue weighted by Crippen LogP contribution is -1.94. The van der Waals surface area contributed by atoms with Gasteiger partial charge in [-0.15, -0.1) is 11.3 Å². The third kappa shape index (κ3) is 3.01. The molecule has 0 saturated heterocycles. The van der Waals surface area contributed by atoms with Crippen LogP contribution in [0.3, 0.4) is 0 Å². The van der Waals surface area contributed by atoms with E-state index in [0.29, 0.717) is 6.42 Å². The van der Waals surface area contributed by atoms with Crippen LogP contribution in [0.25, 0.3) is 10.6 Å². The highest BCUT2D eigenvalue weighted by Gasteiger charge is 2.07. The summed E-state index contributed by atoms with van der Waals surface area (Å²) in [5, 5.41) is 3.09. The molecule has 0 aliphatic heterocycles. The predicted molar refractivity (Wildman–Crippen MR) is 71.3 cm³/mol. The molecule has 0 spiro atoms. The van der Waals surface area contributed by atoms with Crippen molar-refractivity contribution in [2.45, 2.75) is 26.7 Å². The van der Waals surface area contributed by atoms with Gasteiger partial charge in [0.15, 0.2) is 0 Å². The number of thiazole rings is 1. The maximum atomic E-state index is 10.9. The Labute approximate surface area is 105 Å². The summed E-state index contributed by atoms with van der Waals surface area (Å²) in [7, 11) is 0. The van der Waals surface area contributed by atoms with Gasteiger partial charge in [0.25, 0.3) is 0 Å². The molecule has 0 aliphatic carbocycles. The number of hydrogen-bond acceptors (Lipinski definition) is 3. The molecule has 0 amide bonds. The molecule has 0 atom stereocenters. The normalized spacial score (nSPS) is 10.5. The molecule has 0 unspecified atom stereocenters. The molecule has 3 heteroatoms. The van der Waals surface area contributed by atoms with E-state index in [2.05, 4.69) is 24.0 Å². The molecule has 2 rings (SSSR count). The van der Waals surface area contributed by atoms with Crippen LogP contribution < -0.4 is 0 Å². The second kappa shape index (κ2) is 5.23. The minimum Gasteiger partial charge on any atom is -0.300 e. The highest BCUT2D eigenvalue weighted by Crippen LogP contribution is 2.26. The van der Waals surface area contributed by atoms with Gasteiger partial charge in [-0.3, -0.25) is 0 Å². The second-order valence-corrected chi connectivity index (χ2v) is 5.02. The van der Waals surface area contributed by atoms with Crippen molar-refractivity contribution in [3.63, 3.8) is 0 Å². The number of aromatic nitrogens is 1. The van der Waals surface area contributed by atoms with Crippen molar-refractivity contribution in [3.05, 3.63) is 40.9 Å². The van der Waals surface area contributed by atoms with Gasteiger partial charge in [0.2, 0.25) is 0 Å². The summed E-state index contributed by atoms with van der Waals surface area (Å²) in [6.45, 7) is 3.71. The Morgan fingerprint density at radius 3 is 2.82 bits per heavy atom. The largest absolute Gasteiger partial charge is 0.300 e. The van der Waals surface area contributed by atoms with Crippen LogP contribution in [0, 0.1) is 6.92 Å². The third-order valence-electron chi connectivity index (χ3n) is 2.66. The van der Waals surface area contributed by atoms with E-state index in [4.69, 9.17) is 0 Å². The van der Waals surface area contributed by atoms with Crippen molar-refractivity contribution in [1.29, 1.82) is 0 Å². The predicted octanol–water partition coefficient (Wildman–Crippen LogP) is 3.64. The first kappa shape index (κ1) is 12.0. The molecule has 1 heterocycles. The van der Waals surface area contributed by atoms with E-state index in [1.165, 1.54) is 11.1 Å². The molecule has 0 aliphatic rings. The molecular formula is C14H15NOS. The fourth-order valence-electron chi connectivity index (χ4n) is 1.66. The topological polar surface area (TPSA) is 30.0 Å². The zero-order valence-corrected chi connectivity index (χ0v) is 10.9. The number of Topliss-reactive ketones (excluding diaryl/α,β-unsaturated/α-hetero) is 1. The molecule has 0 saturated carbocycles. The molecule has 17 heavy (non-hydrogen) atoms. The number of carbonyl (C=O) groups is 1. The van der Waals surface area contributed by atoms with Crippen molar-refractivity contribution in [3.8, 4) is 10.6 Å². The third-order valence-corrected chi connectivity index (χ3v) is 3.58. The zero-order valence-electron chi connectivity index (χ0n) is 10.1. The van der Waals surface area contributed by atoms with Gasteiger partial charge in [-0.05, 0) is 25.8 Å². The van der Waals surface area contributed by atoms with E-state index in [1.807, 2.05) is 17.5 Å². The van der Waals surface area contributed by atoms with Gasteiger partial charge < -0.3 is 4.79 Å². The summed E-state index contributed by atoms with van der Waals surface area (Å²) >= 11 is 1.65. The first-order chi connectivity index (χ1) is 8.16. The van der Waals surface area contributed by atoms with Crippen molar-refractivity contribution in [1.82, 2.24) is 4.98 Å². The lowest BCUT2D eigenvalue weighted by molar-refractivity contribution is -0.116. The quantitative estimate of drug-likeness (QED) is 0.823. The molecule has 2 aromatic rings. The molecular weight excluding hydrogens is 230 g/mol. The summed E-state index contributed by atoms with van der Waals surface area (Å²) in [6.07, 6.45) is 1.33. The lowest BCUT2D eigenvalue weighted by Gasteiger charge is -2.00. The highest BCUT2D eigenvalue weighted by molar-refractivity contribution is 7.13.